The first-order valence-corrected chi connectivity index (χ1v) is 8.90. The average molecular weight is 307 g/mol. The summed E-state index contributed by atoms with van der Waals surface area (Å²) in [6.45, 7) is 4.40. The molecule has 0 bridgehead atoms. The van der Waals surface area contributed by atoms with Gasteiger partial charge in [-0.15, -0.1) is 11.6 Å². The van der Waals surface area contributed by atoms with Crippen LogP contribution in [0.4, 0.5) is 0 Å². The van der Waals surface area contributed by atoms with Crippen LogP contribution in [0, 0.1) is 5.92 Å². The van der Waals surface area contributed by atoms with Crippen LogP contribution in [-0.4, -0.2) is 25.9 Å². The van der Waals surface area contributed by atoms with E-state index in [-0.39, 0.29) is 0 Å². The second-order valence-corrected chi connectivity index (χ2v) is 6.04. The number of alkyl halides is 1. The largest absolute Gasteiger partial charge is 0.353 e. The normalized spacial score (nSPS) is 13.7. The monoisotopic (exact) mass is 306 g/mol. The number of methoxy groups -OCH3 is 2. The molecule has 0 heterocycles. The maximum atomic E-state index is 5.86. The lowest BCUT2D eigenvalue weighted by Gasteiger charge is -2.38. The molecule has 0 amide bonds. The van der Waals surface area contributed by atoms with Crippen LogP contribution >= 0.6 is 11.6 Å². The third-order valence-electron chi connectivity index (χ3n) is 4.40. The molecule has 0 aliphatic carbocycles. The van der Waals surface area contributed by atoms with Crippen molar-refractivity contribution in [2.24, 2.45) is 5.92 Å². The van der Waals surface area contributed by atoms with Crippen molar-refractivity contribution in [2.75, 3.05) is 20.1 Å². The highest BCUT2D eigenvalue weighted by Gasteiger charge is 2.36. The smallest absolute Gasteiger partial charge is 0.170 e. The van der Waals surface area contributed by atoms with Crippen molar-refractivity contribution in [3.05, 3.63) is 0 Å². The van der Waals surface area contributed by atoms with Gasteiger partial charge in [-0.25, -0.2) is 0 Å². The summed E-state index contributed by atoms with van der Waals surface area (Å²) in [5, 5.41) is 0. The summed E-state index contributed by atoms with van der Waals surface area (Å²) < 4.78 is 11.5. The van der Waals surface area contributed by atoms with Crippen LogP contribution in [0.5, 0.6) is 0 Å². The molecule has 0 aromatic carbocycles. The maximum Gasteiger partial charge on any atom is 0.170 e. The Morgan fingerprint density at radius 3 is 1.90 bits per heavy atom. The molecule has 1 atom stereocenters. The lowest BCUT2D eigenvalue weighted by Crippen LogP contribution is -2.41. The van der Waals surface area contributed by atoms with Gasteiger partial charge in [0.2, 0.25) is 0 Å². The van der Waals surface area contributed by atoms with Crippen molar-refractivity contribution in [3.8, 4) is 0 Å². The molecule has 0 spiro atoms. The quantitative estimate of drug-likeness (QED) is 0.230. The summed E-state index contributed by atoms with van der Waals surface area (Å²) >= 11 is 5.86. The predicted molar refractivity (Wildman–Crippen MR) is 88.5 cm³/mol. The van der Waals surface area contributed by atoms with Crippen molar-refractivity contribution in [1.29, 1.82) is 0 Å². The van der Waals surface area contributed by atoms with Gasteiger partial charge in [-0.3, -0.25) is 0 Å². The third-order valence-corrected chi connectivity index (χ3v) is 4.67. The van der Waals surface area contributed by atoms with Crippen LogP contribution in [0.2, 0.25) is 0 Å². The fourth-order valence-corrected chi connectivity index (χ4v) is 3.23. The van der Waals surface area contributed by atoms with Gasteiger partial charge in [-0.2, -0.15) is 0 Å². The Morgan fingerprint density at radius 2 is 1.40 bits per heavy atom. The van der Waals surface area contributed by atoms with Crippen molar-refractivity contribution in [3.63, 3.8) is 0 Å². The van der Waals surface area contributed by atoms with Crippen LogP contribution in [0.1, 0.15) is 78.1 Å². The van der Waals surface area contributed by atoms with E-state index in [4.69, 9.17) is 21.1 Å². The molecule has 0 rings (SSSR count). The Bertz CT molecular complexity index is 197. The first-order valence-electron chi connectivity index (χ1n) is 8.36. The second kappa shape index (κ2) is 12.9. The predicted octanol–water partition coefficient (Wildman–Crippen LogP) is 5.77. The van der Waals surface area contributed by atoms with Crippen LogP contribution in [0.15, 0.2) is 0 Å². The Kier molecular flexibility index (Phi) is 13.0. The van der Waals surface area contributed by atoms with Crippen LogP contribution < -0.4 is 0 Å². The van der Waals surface area contributed by atoms with Crippen LogP contribution in [0.3, 0.4) is 0 Å². The topological polar surface area (TPSA) is 18.5 Å². The van der Waals surface area contributed by atoms with E-state index in [0.717, 1.165) is 25.1 Å². The zero-order valence-electron chi connectivity index (χ0n) is 14.0. The molecule has 3 heteroatoms. The van der Waals surface area contributed by atoms with E-state index in [1.807, 2.05) is 0 Å². The summed E-state index contributed by atoms with van der Waals surface area (Å²) in [4.78, 5) is 0. The number of halogens is 1. The van der Waals surface area contributed by atoms with Gasteiger partial charge in [0.15, 0.2) is 5.79 Å². The Morgan fingerprint density at radius 1 is 0.850 bits per heavy atom. The first-order chi connectivity index (χ1) is 9.70. The van der Waals surface area contributed by atoms with E-state index in [9.17, 15) is 0 Å². The lowest BCUT2D eigenvalue weighted by molar-refractivity contribution is -0.244. The number of rotatable bonds is 14. The SMILES string of the molecule is CCCCCCCCC(CCCCl)C(CC)(OC)OC. The van der Waals surface area contributed by atoms with Gasteiger partial charge >= 0.3 is 0 Å². The Balaban J connectivity index is 4.25. The molecule has 1 unspecified atom stereocenters. The first kappa shape index (κ1) is 20.2. The summed E-state index contributed by atoms with van der Waals surface area (Å²) in [6.07, 6.45) is 12.2. The van der Waals surface area contributed by atoms with Gasteiger partial charge in [-0.05, 0) is 25.7 Å². The van der Waals surface area contributed by atoms with E-state index >= 15 is 0 Å². The molecule has 0 saturated heterocycles. The second-order valence-electron chi connectivity index (χ2n) is 5.66. The van der Waals surface area contributed by atoms with Gasteiger partial charge in [-0.1, -0.05) is 52.4 Å². The lowest BCUT2D eigenvalue weighted by atomic mass is 9.86. The average Bonchev–Trinajstić information content (AvgIpc) is 2.49. The Labute approximate surface area is 131 Å². The molecule has 0 radical (unpaired) electrons. The molecule has 0 N–H and O–H groups in total. The number of hydrogen-bond acceptors (Lipinski definition) is 2. The number of ether oxygens (including phenoxy) is 2. The summed E-state index contributed by atoms with van der Waals surface area (Å²) in [5.41, 5.74) is 0. The minimum Gasteiger partial charge on any atom is -0.353 e. The minimum atomic E-state index is -0.421. The molecule has 20 heavy (non-hydrogen) atoms. The third kappa shape index (κ3) is 7.28. The zero-order valence-corrected chi connectivity index (χ0v) is 14.8. The molecular formula is C17H35ClO2. The molecule has 0 aromatic rings. The van der Waals surface area contributed by atoms with Crippen molar-refractivity contribution in [1.82, 2.24) is 0 Å². The molecule has 0 aliphatic rings. The van der Waals surface area contributed by atoms with Gasteiger partial charge in [0.1, 0.15) is 0 Å². The van der Waals surface area contributed by atoms with Crippen molar-refractivity contribution in [2.45, 2.75) is 83.8 Å². The number of hydrogen-bond donors (Lipinski definition) is 0. The molecule has 0 saturated carbocycles. The molecule has 2 nitrogen and oxygen atoms in total. The highest BCUT2D eigenvalue weighted by Crippen LogP contribution is 2.34. The Hall–Kier alpha value is 0.210. The van der Waals surface area contributed by atoms with Crippen LogP contribution in [-0.2, 0) is 9.47 Å². The van der Waals surface area contributed by atoms with Crippen molar-refractivity contribution >= 4 is 11.6 Å². The summed E-state index contributed by atoms with van der Waals surface area (Å²) in [6, 6.07) is 0. The molecular weight excluding hydrogens is 272 g/mol. The zero-order chi connectivity index (χ0) is 15.3. The van der Waals surface area contributed by atoms with E-state index in [0.29, 0.717) is 5.92 Å². The van der Waals surface area contributed by atoms with Gasteiger partial charge in [0, 0.05) is 26.0 Å². The minimum absolute atomic E-state index is 0.421. The fourth-order valence-electron chi connectivity index (χ4n) is 3.07. The summed E-state index contributed by atoms with van der Waals surface area (Å²) in [7, 11) is 3.53. The molecule has 0 aliphatic heterocycles. The molecule has 122 valence electrons. The van der Waals surface area contributed by atoms with Gasteiger partial charge < -0.3 is 9.47 Å². The number of unbranched alkanes of at least 4 members (excludes halogenated alkanes) is 5. The fraction of sp³-hybridized carbons (Fsp3) is 1.00. The standard InChI is InChI=1S/C17H35ClO2/c1-5-7-8-9-10-11-13-16(14-12-15-18)17(6-2,19-3)20-4/h16H,5-15H2,1-4H3. The van der Waals surface area contributed by atoms with E-state index in [1.165, 1.54) is 44.9 Å². The maximum absolute atomic E-state index is 5.86. The van der Waals surface area contributed by atoms with E-state index in [1.54, 1.807) is 14.2 Å². The van der Waals surface area contributed by atoms with Crippen LogP contribution in [0.25, 0.3) is 0 Å². The summed E-state index contributed by atoms with van der Waals surface area (Å²) in [5.74, 6) is 0.753. The van der Waals surface area contributed by atoms with Gasteiger partial charge in [0.05, 0.1) is 0 Å². The highest BCUT2D eigenvalue weighted by atomic mass is 35.5. The van der Waals surface area contributed by atoms with E-state index < -0.39 is 5.79 Å². The molecule has 0 fully saturated rings. The highest BCUT2D eigenvalue weighted by molar-refractivity contribution is 6.17. The molecule has 0 aromatic heterocycles. The van der Waals surface area contributed by atoms with Gasteiger partial charge in [0.25, 0.3) is 0 Å². The van der Waals surface area contributed by atoms with E-state index in [2.05, 4.69) is 13.8 Å². The van der Waals surface area contributed by atoms with Crippen molar-refractivity contribution < 1.29 is 9.47 Å².